The molecule has 16 nitrogen and oxygen atoms in total. The van der Waals surface area contributed by atoms with E-state index in [1.54, 1.807) is 0 Å². The summed E-state index contributed by atoms with van der Waals surface area (Å²) in [6, 6.07) is 96.2. The van der Waals surface area contributed by atoms with E-state index in [-0.39, 0.29) is 21.0 Å². The fraction of sp³-hybridized carbons (Fsp3) is 0.267. The van der Waals surface area contributed by atoms with E-state index in [4.69, 9.17) is 38.5 Å². The third-order valence-corrected chi connectivity index (χ3v) is 22.9. The van der Waals surface area contributed by atoms with Gasteiger partial charge >= 0.3 is 0 Å². The Hall–Kier alpha value is -16.4. The first-order valence-corrected chi connectivity index (χ1v) is 49.0. The summed E-state index contributed by atoms with van der Waals surface area (Å²) < 4.78 is 0. The number of rotatable bonds is 27. The first-order chi connectivity index (χ1) is 70.9. The van der Waals surface area contributed by atoms with Gasteiger partial charge in [-0.25, -0.2) is 24.9 Å². The lowest BCUT2D eigenvalue weighted by atomic mass is 10.1. The smallest absolute Gasteiger partial charge is 0.115 e. The summed E-state index contributed by atoms with van der Waals surface area (Å²) in [5, 5.41) is 83.4. The molecule has 1 fully saturated rings. The van der Waals surface area contributed by atoms with E-state index in [0.29, 0.717) is 76.5 Å². The Morgan fingerprint density at radius 3 is 0.660 bits per heavy atom. The normalized spacial score (nSPS) is 12.1. The number of hydrogen-bond acceptors (Lipinski definition) is 16. The highest BCUT2D eigenvalue weighted by molar-refractivity contribution is 5.84. The quantitative estimate of drug-likeness (QED) is 0.0135. The summed E-state index contributed by atoms with van der Waals surface area (Å²) in [4.78, 5) is 36.1. The zero-order valence-corrected chi connectivity index (χ0v) is 81.8. The Balaban J connectivity index is 0.000000204. The first kappa shape index (κ1) is 116. The fourth-order valence-corrected chi connectivity index (χ4v) is 14.5. The number of fused-ring (bicyclic) bond motifs is 8. The van der Waals surface area contributed by atoms with Gasteiger partial charge in [0.05, 0.1) is 56.3 Å². The molecule has 1 saturated carbocycles. The third-order valence-electron chi connectivity index (χ3n) is 22.9. The van der Waals surface area contributed by atoms with Gasteiger partial charge in [0.25, 0.3) is 0 Å². The number of para-hydroxylation sites is 8. The molecular weight excluding hydrogens is 1810 g/mol. The summed E-state index contributed by atoms with van der Waals surface area (Å²) in [5.74, 6) is 44.3. The molecular formula is C131H130N8O8. The van der Waals surface area contributed by atoms with Crippen molar-refractivity contribution in [2.75, 3.05) is 0 Å². The second-order valence-corrected chi connectivity index (χ2v) is 34.2. The Bertz CT molecular complexity index is 6980. The van der Waals surface area contributed by atoms with Crippen LogP contribution in [0.3, 0.4) is 0 Å². The number of aliphatic hydroxyl groups excluding tert-OH is 8. The van der Waals surface area contributed by atoms with Gasteiger partial charge in [-0.15, -0.1) is 45.1 Å². The highest BCUT2D eigenvalue weighted by Gasteiger charge is 2.29. The number of terminal acetylenes is 6. The molecule has 1 aliphatic rings. The number of aryl methyl sites for hydroxylation is 3. The van der Waals surface area contributed by atoms with Gasteiger partial charge in [0.15, 0.2) is 0 Å². The summed E-state index contributed by atoms with van der Waals surface area (Å²) in [6.07, 6.45) is 46.5. The molecule has 8 aromatic carbocycles. The van der Waals surface area contributed by atoms with Crippen molar-refractivity contribution >= 4 is 87.2 Å². The Morgan fingerprint density at radius 2 is 0.442 bits per heavy atom. The topological polar surface area (TPSA) is 265 Å². The molecule has 0 spiro atoms. The van der Waals surface area contributed by atoms with Gasteiger partial charge in [0.1, 0.15) is 65.1 Å². The van der Waals surface area contributed by atoms with Crippen molar-refractivity contribution < 1.29 is 40.9 Å². The third kappa shape index (κ3) is 43.4. The van der Waals surface area contributed by atoms with Crippen LogP contribution in [0.1, 0.15) is 195 Å². The average Bonchev–Trinajstić information content (AvgIpc) is 1.81. The van der Waals surface area contributed by atoms with Gasteiger partial charge in [-0.05, 0) is 255 Å². The van der Waals surface area contributed by atoms with Crippen molar-refractivity contribution in [3.63, 3.8) is 0 Å². The molecule has 742 valence electrons. The van der Waals surface area contributed by atoms with Crippen LogP contribution >= 0.6 is 0 Å². The van der Waals surface area contributed by atoms with Crippen LogP contribution in [-0.4, -0.2) is 130 Å². The summed E-state index contributed by atoms with van der Waals surface area (Å²) in [5.41, 5.74) is 15.0. The monoisotopic (exact) mass is 1940 g/mol. The molecule has 0 amide bonds. The minimum absolute atomic E-state index is 0. The second kappa shape index (κ2) is 66.5. The molecule has 8 heterocycles. The molecule has 16 heteroatoms. The molecule has 0 radical (unpaired) electrons. The van der Waals surface area contributed by atoms with Gasteiger partial charge in [0, 0.05) is 92.3 Å². The largest absolute Gasteiger partial charge is 0.393 e. The minimum Gasteiger partial charge on any atom is -0.393 e. The van der Waals surface area contributed by atoms with E-state index in [0.717, 1.165) is 187 Å². The van der Waals surface area contributed by atoms with Crippen LogP contribution in [0.25, 0.3) is 87.2 Å². The Labute approximate surface area is 868 Å². The van der Waals surface area contributed by atoms with E-state index < -0.39 is 42.7 Å². The number of hydrogen-bond donors (Lipinski definition) is 8. The molecule has 16 aromatic rings. The minimum atomic E-state index is -0.705. The number of aliphatic hydroxyl groups is 8. The first-order valence-electron chi connectivity index (χ1n) is 49.0. The number of unbranched alkanes of at least 4 members (excludes halogenated alkanes) is 3. The maximum atomic E-state index is 9.74. The predicted octanol–water partition coefficient (Wildman–Crippen LogP) is 23.2. The van der Waals surface area contributed by atoms with Crippen molar-refractivity contribution in [2.45, 2.75) is 218 Å². The van der Waals surface area contributed by atoms with E-state index in [2.05, 4.69) is 196 Å². The van der Waals surface area contributed by atoms with E-state index >= 15 is 0 Å². The van der Waals surface area contributed by atoms with Crippen molar-refractivity contribution in [3.8, 4) is 133 Å². The maximum absolute atomic E-state index is 9.74. The van der Waals surface area contributed by atoms with E-state index in [1.807, 2.05) is 237 Å². The highest BCUT2D eigenvalue weighted by Crippen LogP contribution is 2.34. The highest BCUT2D eigenvalue weighted by atomic mass is 16.3. The Kier molecular flexibility index (Phi) is 52.4. The molecule has 0 bridgehead atoms. The van der Waals surface area contributed by atoms with Crippen LogP contribution in [0.5, 0.6) is 0 Å². The van der Waals surface area contributed by atoms with Crippen LogP contribution in [-0.2, 0) is 19.3 Å². The summed E-state index contributed by atoms with van der Waals surface area (Å²) >= 11 is 0. The van der Waals surface area contributed by atoms with Crippen LogP contribution in [0.15, 0.2) is 304 Å². The van der Waals surface area contributed by atoms with Gasteiger partial charge in [-0.2, -0.15) is 0 Å². The lowest BCUT2D eigenvalue weighted by Gasteiger charge is -2.04. The van der Waals surface area contributed by atoms with E-state index in [9.17, 15) is 40.9 Å². The molecule has 0 aliphatic heterocycles. The standard InChI is InChI=1S/C17H17NO.3C16H17NO.C16H15NO.3C16H13NO.2CH4/c19-17(14-9-10-14)8-4-2-6-15-12-11-13-5-1-3-7-16(13)18-15;7*1-2-15(18)9-5-4-8-14-12-11-13-7-3-6-10-16(13)17-14;;/h1,3,5,7,11-12,14,17,19H,4,8-10H2;3*1,3,6-7,10-12,15,18H,4-5,8-9H2;2-3,6-7,10-12,15,18H,1,5,9H2;3*1,3,6-7,10-12,15,18H,5,9H2;2*1H4. The van der Waals surface area contributed by atoms with Crippen LogP contribution in [0.2, 0.25) is 0 Å². The molecule has 8 aromatic heterocycles. The van der Waals surface area contributed by atoms with Gasteiger partial charge < -0.3 is 40.9 Å². The number of pyridine rings is 8. The molecule has 8 unspecified atom stereocenters. The van der Waals surface area contributed by atoms with Crippen LogP contribution in [0, 0.1) is 139 Å². The number of benzene rings is 8. The van der Waals surface area contributed by atoms with Crippen molar-refractivity contribution in [1.29, 1.82) is 0 Å². The maximum Gasteiger partial charge on any atom is 0.115 e. The second-order valence-electron chi connectivity index (χ2n) is 34.2. The molecule has 0 saturated heterocycles. The van der Waals surface area contributed by atoms with Crippen molar-refractivity contribution in [3.05, 3.63) is 349 Å². The zero-order chi connectivity index (χ0) is 103. The Morgan fingerprint density at radius 1 is 0.245 bits per heavy atom. The fourth-order valence-electron chi connectivity index (χ4n) is 14.5. The van der Waals surface area contributed by atoms with Gasteiger partial charge in [0.2, 0.25) is 0 Å². The number of aromatic nitrogens is 8. The predicted molar refractivity (Wildman–Crippen MR) is 605 cm³/mol. The molecule has 1 aliphatic carbocycles. The summed E-state index contributed by atoms with van der Waals surface area (Å²) in [6.45, 7) is 3.52. The lowest BCUT2D eigenvalue weighted by Crippen LogP contribution is -2.07. The average molecular weight is 1940 g/mol. The SMILES string of the molecule is C.C.C#CC(O)CCC#Cc1ccc2ccccc2n1.C#CC(O)CCC#Cc1ccc2ccccc2n1.C#CC(O)CCC#Cc1ccc2ccccc2n1.C#CC(O)CCCCc1ccc2ccccc2n1.C#CC(O)CCCCc1ccc2ccccc2n1.C#CC(O)CCCCc1ccc2ccccc2n1.C=CC(O)CCC#Cc1ccc2ccccc2n1.OC(CCC#Cc1ccc2ccccc2n1)C1CC1. The zero-order valence-electron chi connectivity index (χ0n) is 81.8. The van der Waals surface area contributed by atoms with Crippen LogP contribution in [0.4, 0.5) is 0 Å². The van der Waals surface area contributed by atoms with Crippen molar-refractivity contribution in [1.82, 2.24) is 39.9 Å². The van der Waals surface area contributed by atoms with Gasteiger partial charge in [-0.1, -0.05) is 280 Å². The lowest BCUT2D eigenvalue weighted by molar-refractivity contribution is 0.143. The molecule has 17 rings (SSSR count). The molecule has 147 heavy (non-hydrogen) atoms. The number of nitrogens with zero attached hydrogens (tertiary/aromatic N) is 8. The molecule has 8 N–H and O–H groups in total. The van der Waals surface area contributed by atoms with E-state index in [1.165, 1.54) is 35.1 Å². The summed E-state index contributed by atoms with van der Waals surface area (Å²) in [7, 11) is 0. The molecule has 8 atom stereocenters. The van der Waals surface area contributed by atoms with Crippen LogP contribution < -0.4 is 0 Å². The van der Waals surface area contributed by atoms with Crippen molar-refractivity contribution in [2.24, 2.45) is 5.92 Å². The van der Waals surface area contributed by atoms with Gasteiger partial charge in [-0.3, -0.25) is 15.0 Å².